The number of nitrogens with zero attached hydrogens (tertiary/aromatic N) is 2. The van der Waals surface area contributed by atoms with E-state index in [1.165, 1.54) is 28.4 Å². The molecule has 0 saturated heterocycles. The number of fused-ring (bicyclic) bond motifs is 1. The van der Waals surface area contributed by atoms with Gasteiger partial charge in [-0.3, -0.25) is 0 Å². The van der Waals surface area contributed by atoms with Crippen molar-refractivity contribution >= 4 is 40.7 Å². The Kier molecular flexibility index (Phi) is 8.47. The summed E-state index contributed by atoms with van der Waals surface area (Å²) in [5, 5.41) is 3.29. The Morgan fingerprint density at radius 2 is 1.24 bits per heavy atom. The maximum absolute atomic E-state index is 13.3. The van der Waals surface area contributed by atoms with Gasteiger partial charge in [-0.1, -0.05) is 48.5 Å². The Morgan fingerprint density at radius 1 is 0.732 bits per heavy atom. The third-order valence-electron chi connectivity index (χ3n) is 6.37. The molecule has 2 aromatic carbocycles. The van der Waals surface area contributed by atoms with Gasteiger partial charge in [0.15, 0.2) is 11.4 Å². The second-order valence-corrected chi connectivity index (χ2v) is 8.62. The van der Waals surface area contributed by atoms with Crippen molar-refractivity contribution in [3.05, 3.63) is 89.9 Å². The molecule has 11 nitrogen and oxygen atoms in total. The van der Waals surface area contributed by atoms with Gasteiger partial charge in [-0.25, -0.2) is 19.2 Å². The topological polar surface area (TPSA) is 129 Å². The smallest absolute Gasteiger partial charge is 0.342 e. The van der Waals surface area contributed by atoms with E-state index in [0.717, 1.165) is 17.8 Å². The summed E-state index contributed by atoms with van der Waals surface area (Å²) in [6.07, 6.45) is 2.03. The maximum Gasteiger partial charge on any atom is 0.342 e. The van der Waals surface area contributed by atoms with Gasteiger partial charge in [-0.05, 0) is 17.7 Å². The molecule has 0 saturated carbocycles. The van der Waals surface area contributed by atoms with Crippen LogP contribution >= 0.6 is 0 Å². The van der Waals surface area contributed by atoms with Crippen LogP contribution in [0.3, 0.4) is 0 Å². The highest BCUT2D eigenvalue weighted by Crippen LogP contribution is 2.41. The lowest BCUT2D eigenvalue weighted by atomic mass is 9.93. The van der Waals surface area contributed by atoms with Crippen LogP contribution in [0, 0.1) is 6.92 Å². The minimum Gasteiger partial charge on any atom is -0.466 e. The fourth-order valence-corrected chi connectivity index (χ4v) is 4.55. The van der Waals surface area contributed by atoms with Gasteiger partial charge in [0.1, 0.15) is 5.57 Å². The molecule has 4 aromatic rings. The number of hydrogen-bond acceptors (Lipinski definition) is 8. The number of ether oxygens (including phenoxy) is 4. The average Bonchev–Trinajstić information content (AvgIpc) is 3.52. The van der Waals surface area contributed by atoms with Gasteiger partial charge in [-0.2, -0.15) is 9.50 Å². The monoisotopic (exact) mass is 558 g/mol. The summed E-state index contributed by atoms with van der Waals surface area (Å²) >= 11 is 0. The fourth-order valence-electron chi connectivity index (χ4n) is 4.55. The predicted octanol–water partition coefficient (Wildman–Crippen LogP) is 2.98. The molecule has 0 amide bonds. The number of carbonyl (C=O) groups excluding carboxylic acids is 4. The third-order valence-corrected chi connectivity index (χ3v) is 6.37. The van der Waals surface area contributed by atoms with Crippen molar-refractivity contribution in [2.75, 3.05) is 28.4 Å². The molecule has 0 atom stereocenters. The van der Waals surface area contributed by atoms with Crippen LogP contribution in [0.15, 0.2) is 72.8 Å². The van der Waals surface area contributed by atoms with E-state index in [2.05, 4.69) is 5.10 Å². The van der Waals surface area contributed by atoms with Gasteiger partial charge in [0.05, 0.1) is 39.6 Å². The molecule has 0 aliphatic carbocycles. The van der Waals surface area contributed by atoms with Crippen molar-refractivity contribution in [2.45, 2.75) is 6.92 Å². The number of rotatable bonds is 8. The van der Waals surface area contributed by atoms with Gasteiger partial charge in [0, 0.05) is 24.6 Å². The van der Waals surface area contributed by atoms with Gasteiger partial charge in [-0.15, -0.1) is 4.68 Å². The number of nitrogens with one attached hydrogen (secondary N) is 1. The first-order valence-electron chi connectivity index (χ1n) is 12.3. The normalized spacial score (nSPS) is 11.7. The maximum atomic E-state index is 13.3. The number of hydrogen-bond donors (Lipinski definition) is 1. The van der Waals surface area contributed by atoms with E-state index in [-0.39, 0.29) is 22.4 Å². The molecule has 0 fully saturated rings. The van der Waals surface area contributed by atoms with Crippen LogP contribution in [0.5, 0.6) is 0 Å². The molecule has 0 aliphatic rings. The lowest BCUT2D eigenvalue weighted by molar-refractivity contribution is -0.662. The highest BCUT2D eigenvalue weighted by atomic mass is 16.5. The Hall–Kier alpha value is -5.45. The second-order valence-electron chi connectivity index (χ2n) is 8.62. The van der Waals surface area contributed by atoms with Crippen molar-refractivity contribution in [3.63, 3.8) is 0 Å². The molecule has 11 heteroatoms. The van der Waals surface area contributed by atoms with Gasteiger partial charge >= 0.3 is 23.9 Å². The van der Waals surface area contributed by atoms with E-state index < -0.39 is 23.9 Å². The first-order chi connectivity index (χ1) is 19.8. The number of esters is 4. The molecule has 41 heavy (non-hydrogen) atoms. The number of aromatic nitrogens is 3. The lowest BCUT2D eigenvalue weighted by Gasteiger charge is -2.10. The van der Waals surface area contributed by atoms with Crippen LogP contribution in [0.25, 0.3) is 33.6 Å². The summed E-state index contributed by atoms with van der Waals surface area (Å²) in [6.45, 7) is 1.79. The van der Waals surface area contributed by atoms with E-state index in [0.29, 0.717) is 22.6 Å². The number of benzene rings is 2. The highest BCUT2D eigenvalue weighted by Gasteiger charge is 2.38. The van der Waals surface area contributed by atoms with E-state index >= 15 is 0 Å². The van der Waals surface area contributed by atoms with Gasteiger partial charge < -0.3 is 18.9 Å². The molecule has 210 valence electrons. The van der Waals surface area contributed by atoms with Crippen molar-refractivity contribution in [2.24, 2.45) is 0 Å². The summed E-state index contributed by atoms with van der Waals surface area (Å²) in [4.78, 5) is 51.5. The zero-order chi connectivity index (χ0) is 29.7. The number of carbonyl (C=O) groups is 4. The van der Waals surface area contributed by atoms with Crippen LogP contribution in [0.1, 0.15) is 17.1 Å². The summed E-state index contributed by atoms with van der Waals surface area (Å²) in [5.41, 5.74) is 2.11. The summed E-state index contributed by atoms with van der Waals surface area (Å²) in [6, 6.07) is 18.2. The average molecular weight is 559 g/mol. The molecule has 0 bridgehead atoms. The zero-order valence-electron chi connectivity index (χ0n) is 23.1. The number of H-pyrrole nitrogens is 1. The van der Waals surface area contributed by atoms with E-state index in [4.69, 9.17) is 18.9 Å². The Bertz CT molecular complexity index is 1700. The highest BCUT2D eigenvalue weighted by molar-refractivity contribution is 6.27. The SMILES string of the molecule is COC(=O)C=C(C(=O)OC)c1c(-c2ccccc2)c(/C(=C\C(=O)OC)C(=O)OC)n2c(C)[n+](-c3ccccc3)[nH]c12. The van der Waals surface area contributed by atoms with E-state index in [9.17, 15) is 19.2 Å². The van der Waals surface area contributed by atoms with Crippen LogP contribution in [-0.4, -0.2) is 61.8 Å². The number of methoxy groups -OCH3 is 4. The first kappa shape index (κ1) is 28.6. The number of aryl methyl sites for hydroxylation is 1. The Balaban J connectivity index is 2.31. The molecule has 0 radical (unpaired) electrons. The number of aromatic amines is 1. The largest absolute Gasteiger partial charge is 0.466 e. The van der Waals surface area contributed by atoms with Crippen LogP contribution in [0.2, 0.25) is 0 Å². The summed E-state index contributed by atoms with van der Waals surface area (Å²) in [7, 11) is 4.74. The van der Waals surface area contributed by atoms with Crippen molar-refractivity contribution in [1.82, 2.24) is 9.50 Å². The van der Waals surface area contributed by atoms with Crippen LogP contribution in [0.4, 0.5) is 0 Å². The minimum absolute atomic E-state index is 0.148. The molecule has 0 unspecified atom stereocenters. The molecule has 0 aliphatic heterocycles. The standard InChI is InChI=1S/C30H27N3O8/c1-18-32-27(22(30(37)41-5)17-24(35)39-3)25(19-12-8-6-9-13-19)26(21(29(36)40-4)16-23(34)38-2)28(32)31-33(18)20-14-10-7-11-15-20/h6-17H,1-5H3/p+1. The van der Waals surface area contributed by atoms with Crippen LogP contribution < -0.4 is 4.68 Å². The number of para-hydroxylation sites is 1. The molecular weight excluding hydrogens is 530 g/mol. The molecule has 0 spiro atoms. The van der Waals surface area contributed by atoms with Crippen molar-refractivity contribution in [1.29, 1.82) is 0 Å². The zero-order valence-corrected chi connectivity index (χ0v) is 23.1. The Morgan fingerprint density at radius 3 is 1.78 bits per heavy atom. The fraction of sp³-hybridized carbons (Fsp3) is 0.167. The summed E-state index contributed by atoms with van der Waals surface area (Å²) < 4.78 is 23.2. The molecule has 2 heterocycles. The first-order valence-corrected chi connectivity index (χ1v) is 12.3. The van der Waals surface area contributed by atoms with Crippen molar-refractivity contribution < 1.29 is 42.8 Å². The predicted molar refractivity (Wildman–Crippen MR) is 147 cm³/mol. The van der Waals surface area contributed by atoms with E-state index in [1.54, 1.807) is 46.3 Å². The van der Waals surface area contributed by atoms with Crippen molar-refractivity contribution in [3.8, 4) is 16.8 Å². The quantitative estimate of drug-likeness (QED) is 0.151. The second kappa shape index (κ2) is 12.2. The molecule has 4 rings (SSSR count). The van der Waals surface area contributed by atoms with Gasteiger partial charge in [0.25, 0.3) is 5.82 Å². The van der Waals surface area contributed by atoms with Crippen LogP contribution in [-0.2, 0) is 38.1 Å². The molecule has 1 N–H and O–H groups in total. The molecular formula is C30H28N3O8+. The Labute approximate surface area is 235 Å². The minimum atomic E-state index is -0.832. The summed E-state index contributed by atoms with van der Waals surface area (Å²) in [5.74, 6) is -2.71. The van der Waals surface area contributed by atoms with Gasteiger partial charge in [0.2, 0.25) is 5.65 Å². The lowest BCUT2D eigenvalue weighted by Crippen LogP contribution is -2.36. The molecule has 2 aromatic heterocycles. The third kappa shape index (κ3) is 5.37. The van der Waals surface area contributed by atoms with E-state index in [1.807, 2.05) is 30.3 Å².